The summed E-state index contributed by atoms with van der Waals surface area (Å²) in [6.07, 6.45) is 1.87. The zero-order chi connectivity index (χ0) is 19.7. The number of pyridine rings is 1. The number of benzene rings is 1. The lowest BCUT2D eigenvalue weighted by molar-refractivity contribution is 0.0948. The number of aromatic nitrogens is 5. The van der Waals surface area contributed by atoms with Crippen molar-refractivity contribution in [2.75, 3.05) is 0 Å². The predicted molar refractivity (Wildman–Crippen MR) is 106 cm³/mol. The molecule has 0 aliphatic rings. The van der Waals surface area contributed by atoms with Gasteiger partial charge in [0.15, 0.2) is 11.5 Å². The summed E-state index contributed by atoms with van der Waals surface area (Å²) >= 11 is 6.25. The van der Waals surface area contributed by atoms with E-state index in [9.17, 15) is 4.79 Å². The van der Waals surface area contributed by atoms with Gasteiger partial charge in [-0.1, -0.05) is 35.9 Å². The minimum Gasteiger partial charge on any atom is -0.345 e. The van der Waals surface area contributed by atoms with E-state index >= 15 is 0 Å². The molecular formula is C20H19ClN6O. The Balaban J connectivity index is 1.53. The van der Waals surface area contributed by atoms with Crippen molar-refractivity contribution in [3.05, 3.63) is 82.0 Å². The summed E-state index contributed by atoms with van der Waals surface area (Å²) < 4.78 is 3.65. The number of nitrogens with one attached hydrogen (secondary N) is 1. The van der Waals surface area contributed by atoms with E-state index in [-0.39, 0.29) is 12.5 Å². The molecule has 4 rings (SSSR count). The second-order valence-electron chi connectivity index (χ2n) is 6.52. The Bertz CT molecular complexity index is 1160. The molecule has 0 fully saturated rings. The van der Waals surface area contributed by atoms with E-state index in [0.29, 0.717) is 28.6 Å². The number of fused-ring (bicyclic) bond motifs is 1. The number of hydrogen-bond acceptors (Lipinski definition) is 4. The lowest BCUT2D eigenvalue weighted by Crippen LogP contribution is -2.25. The first-order valence-corrected chi connectivity index (χ1v) is 9.26. The van der Waals surface area contributed by atoms with Crippen LogP contribution in [0.4, 0.5) is 0 Å². The number of carbonyl (C=O) groups is 1. The number of halogens is 1. The quantitative estimate of drug-likeness (QED) is 0.564. The van der Waals surface area contributed by atoms with Crippen LogP contribution in [0.3, 0.4) is 0 Å². The van der Waals surface area contributed by atoms with Crippen LogP contribution in [0.1, 0.15) is 33.1 Å². The molecule has 1 aromatic carbocycles. The van der Waals surface area contributed by atoms with Crippen molar-refractivity contribution in [3.8, 4) is 0 Å². The minimum absolute atomic E-state index is 0.187. The topological polar surface area (TPSA) is 77.1 Å². The Kier molecular flexibility index (Phi) is 4.83. The van der Waals surface area contributed by atoms with Crippen molar-refractivity contribution >= 4 is 23.2 Å². The van der Waals surface area contributed by atoms with E-state index in [4.69, 9.17) is 11.6 Å². The van der Waals surface area contributed by atoms with Gasteiger partial charge in [0.1, 0.15) is 0 Å². The first-order valence-electron chi connectivity index (χ1n) is 8.89. The summed E-state index contributed by atoms with van der Waals surface area (Å²) in [6, 6.07) is 13.3. The third kappa shape index (κ3) is 3.36. The summed E-state index contributed by atoms with van der Waals surface area (Å²) in [5.41, 5.74) is 3.73. The Hall–Kier alpha value is -3.19. The average molecular weight is 395 g/mol. The first kappa shape index (κ1) is 18.2. The number of amides is 1. The minimum atomic E-state index is -0.187. The van der Waals surface area contributed by atoms with E-state index in [1.54, 1.807) is 4.68 Å². The van der Waals surface area contributed by atoms with Gasteiger partial charge >= 0.3 is 0 Å². The molecule has 0 atom stereocenters. The summed E-state index contributed by atoms with van der Waals surface area (Å²) in [4.78, 5) is 12.8. The Morgan fingerprint density at radius 3 is 2.71 bits per heavy atom. The van der Waals surface area contributed by atoms with Gasteiger partial charge in [-0.05, 0) is 37.6 Å². The fourth-order valence-electron chi connectivity index (χ4n) is 3.23. The summed E-state index contributed by atoms with van der Waals surface area (Å²) in [6.45, 7) is 4.50. The van der Waals surface area contributed by atoms with Gasteiger partial charge in [0, 0.05) is 16.9 Å². The highest BCUT2D eigenvalue weighted by Crippen LogP contribution is 2.19. The fourth-order valence-corrected chi connectivity index (χ4v) is 3.42. The second kappa shape index (κ2) is 7.44. The maximum absolute atomic E-state index is 12.8. The van der Waals surface area contributed by atoms with E-state index in [1.165, 1.54) is 0 Å². The van der Waals surface area contributed by atoms with E-state index < -0.39 is 0 Å². The molecule has 0 aliphatic carbocycles. The van der Waals surface area contributed by atoms with Crippen LogP contribution in [-0.4, -0.2) is 30.3 Å². The van der Waals surface area contributed by atoms with Crippen molar-refractivity contribution in [1.82, 2.24) is 29.7 Å². The van der Waals surface area contributed by atoms with Crippen molar-refractivity contribution < 1.29 is 4.79 Å². The van der Waals surface area contributed by atoms with Gasteiger partial charge in [0.25, 0.3) is 5.91 Å². The predicted octanol–water partition coefficient (Wildman–Crippen LogP) is 3.17. The number of hydrogen-bond donors (Lipinski definition) is 1. The average Bonchev–Trinajstić information content (AvgIpc) is 3.22. The molecule has 0 spiro atoms. The van der Waals surface area contributed by atoms with Crippen LogP contribution in [-0.2, 0) is 13.1 Å². The van der Waals surface area contributed by atoms with Crippen LogP contribution in [0.2, 0.25) is 5.02 Å². The number of aryl methyl sites for hydroxylation is 1. The molecule has 4 aromatic rings. The van der Waals surface area contributed by atoms with Gasteiger partial charge in [0.2, 0.25) is 0 Å². The molecule has 7 nitrogen and oxygen atoms in total. The van der Waals surface area contributed by atoms with Gasteiger partial charge in [-0.15, -0.1) is 10.2 Å². The molecule has 142 valence electrons. The van der Waals surface area contributed by atoms with E-state index in [0.717, 1.165) is 16.9 Å². The van der Waals surface area contributed by atoms with Crippen LogP contribution >= 0.6 is 11.6 Å². The molecular weight excluding hydrogens is 376 g/mol. The third-order valence-electron chi connectivity index (χ3n) is 4.68. The van der Waals surface area contributed by atoms with Crippen LogP contribution in [0.15, 0.2) is 48.7 Å². The lowest BCUT2D eigenvalue weighted by atomic mass is 10.1. The molecule has 3 heterocycles. The third-order valence-corrected chi connectivity index (χ3v) is 5.05. The van der Waals surface area contributed by atoms with Gasteiger partial charge < -0.3 is 5.32 Å². The van der Waals surface area contributed by atoms with E-state index in [2.05, 4.69) is 20.6 Å². The summed E-state index contributed by atoms with van der Waals surface area (Å²) in [5.74, 6) is 0.482. The summed E-state index contributed by atoms with van der Waals surface area (Å²) in [5, 5.41) is 16.4. The normalized spacial score (nSPS) is 11.1. The number of rotatable bonds is 5. The molecule has 1 N–H and O–H groups in total. The largest absolute Gasteiger partial charge is 0.345 e. The molecule has 0 radical (unpaired) electrons. The SMILES string of the molecule is Cc1nn(Cc2ccccc2Cl)c(C)c1C(=O)NCc1nnc2ccccn12. The maximum Gasteiger partial charge on any atom is 0.255 e. The van der Waals surface area contributed by atoms with E-state index in [1.807, 2.05) is 66.9 Å². The van der Waals surface area contributed by atoms with Crippen molar-refractivity contribution in [2.45, 2.75) is 26.9 Å². The van der Waals surface area contributed by atoms with Crippen molar-refractivity contribution in [1.29, 1.82) is 0 Å². The molecule has 0 unspecified atom stereocenters. The highest BCUT2D eigenvalue weighted by molar-refractivity contribution is 6.31. The molecule has 0 aliphatic heterocycles. The van der Waals surface area contributed by atoms with Gasteiger partial charge in [0.05, 0.1) is 24.3 Å². The molecule has 1 amide bonds. The summed E-state index contributed by atoms with van der Waals surface area (Å²) in [7, 11) is 0. The molecule has 8 heteroatoms. The molecule has 0 saturated heterocycles. The maximum atomic E-state index is 12.8. The standard InChI is InChI=1S/C20H19ClN6O/c1-13-19(14(2)27(25-13)12-15-7-3-4-8-16(15)21)20(28)22-11-18-24-23-17-9-5-6-10-26(17)18/h3-10H,11-12H2,1-2H3,(H,22,28). The number of nitrogens with zero attached hydrogens (tertiary/aromatic N) is 5. The highest BCUT2D eigenvalue weighted by Gasteiger charge is 2.19. The first-order chi connectivity index (χ1) is 13.5. The monoisotopic (exact) mass is 394 g/mol. The van der Waals surface area contributed by atoms with Gasteiger partial charge in [-0.25, -0.2) is 0 Å². The Labute approximate surface area is 167 Å². The number of carbonyl (C=O) groups excluding carboxylic acids is 1. The zero-order valence-electron chi connectivity index (χ0n) is 15.6. The Morgan fingerprint density at radius 2 is 1.89 bits per heavy atom. The lowest BCUT2D eigenvalue weighted by Gasteiger charge is -2.08. The van der Waals surface area contributed by atoms with Crippen LogP contribution in [0.5, 0.6) is 0 Å². The second-order valence-corrected chi connectivity index (χ2v) is 6.93. The Morgan fingerprint density at radius 1 is 1.11 bits per heavy atom. The molecule has 28 heavy (non-hydrogen) atoms. The van der Waals surface area contributed by atoms with Crippen LogP contribution < -0.4 is 5.32 Å². The molecule has 0 bridgehead atoms. The van der Waals surface area contributed by atoms with Gasteiger partial charge in [-0.3, -0.25) is 13.9 Å². The van der Waals surface area contributed by atoms with Gasteiger partial charge in [-0.2, -0.15) is 5.10 Å². The highest BCUT2D eigenvalue weighted by atomic mass is 35.5. The van der Waals surface area contributed by atoms with Crippen LogP contribution in [0.25, 0.3) is 5.65 Å². The zero-order valence-corrected chi connectivity index (χ0v) is 16.3. The molecule has 0 saturated carbocycles. The van der Waals surface area contributed by atoms with Crippen molar-refractivity contribution in [2.24, 2.45) is 0 Å². The smallest absolute Gasteiger partial charge is 0.255 e. The van der Waals surface area contributed by atoms with Crippen LogP contribution in [0, 0.1) is 13.8 Å². The van der Waals surface area contributed by atoms with Crippen molar-refractivity contribution in [3.63, 3.8) is 0 Å². The molecule has 3 aromatic heterocycles. The fraction of sp³-hybridized carbons (Fsp3) is 0.200.